The average Bonchev–Trinajstić information content (AvgIpc) is 3.94. The Labute approximate surface area is 369 Å². The molecule has 4 nitrogen and oxygen atoms in total. The van der Waals surface area contributed by atoms with Gasteiger partial charge >= 0.3 is 0 Å². The highest BCUT2D eigenvalue weighted by molar-refractivity contribution is 7.26. The second-order valence-corrected chi connectivity index (χ2v) is 16.3. The van der Waals surface area contributed by atoms with Crippen LogP contribution in [0.2, 0.25) is 0 Å². The first kappa shape index (κ1) is 31.0. The smallest absolute Gasteiger partial charge is 0.165 e. The molecule has 0 fully saturated rings. The summed E-state index contributed by atoms with van der Waals surface area (Å²) in [5, 5.41) is 4.37. The molecule has 0 radical (unpaired) electrons. The Morgan fingerprint density at radius 3 is 1.53 bits per heavy atom. The first-order valence-corrected chi connectivity index (χ1v) is 21.3. The van der Waals surface area contributed by atoms with Crippen molar-refractivity contribution in [2.45, 2.75) is 0 Å². The van der Waals surface area contributed by atoms with E-state index < -0.39 is 18.1 Å². The van der Waals surface area contributed by atoms with Crippen molar-refractivity contribution >= 4 is 53.3 Å². The van der Waals surface area contributed by atoms with E-state index in [2.05, 4.69) is 144 Å². The molecule has 0 N–H and O–H groups in total. The van der Waals surface area contributed by atoms with Gasteiger partial charge in [0.05, 0.1) is 17.9 Å². The zero-order valence-corrected chi connectivity index (χ0v) is 33.9. The van der Waals surface area contributed by atoms with Crippen LogP contribution in [0.1, 0.15) is 6.85 Å². The maximum absolute atomic E-state index is 9.03. The number of fused-ring (bicyclic) bond motifs is 6. The number of hydrogen-bond acceptors (Lipinski definition) is 4. The predicted molar refractivity (Wildman–Crippen MR) is 260 cm³/mol. The summed E-state index contributed by atoms with van der Waals surface area (Å²) in [4.78, 5) is 15.2. The average molecular weight is 814 g/mol. The van der Waals surface area contributed by atoms with Gasteiger partial charge < -0.3 is 4.57 Å². The van der Waals surface area contributed by atoms with Crippen LogP contribution in [0.15, 0.2) is 218 Å². The lowest BCUT2D eigenvalue weighted by atomic mass is 9.98. The lowest BCUT2D eigenvalue weighted by molar-refractivity contribution is 1.07. The number of nitrogens with zero attached hydrogens (tertiary/aromatic N) is 4. The highest BCUT2D eigenvalue weighted by Gasteiger charge is 2.22. The highest BCUT2D eigenvalue weighted by atomic mass is 32.1. The number of aromatic nitrogens is 4. The Morgan fingerprint density at radius 1 is 0.387 bits per heavy atom. The van der Waals surface area contributed by atoms with E-state index in [0.717, 1.165) is 86.6 Å². The van der Waals surface area contributed by atoms with E-state index in [-0.39, 0.29) is 23.5 Å². The van der Waals surface area contributed by atoms with Crippen molar-refractivity contribution in [3.63, 3.8) is 0 Å². The van der Waals surface area contributed by atoms with Crippen molar-refractivity contribution in [2.75, 3.05) is 0 Å². The van der Waals surface area contributed by atoms with Gasteiger partial charge in [-0.15, -0.1) is 11.3 Å². The van der Waals surface area contributed by atoms with Crippen LogP contribution in [0, 0.1) is 0 Å². The molecule has 0 aliphatic carbocycles. The van der Waals surface area contributed by atoms with Gasteiger partial charge in [-0.1, -0.05) is 188 Å². The van der Waals surface area contributed by atoms with Crippen molar-refractivity contribution in [1.82, 2.24) is 19.5 Å². The van der Waals surface area contributed by atoms with Crippen LogP contribution in [0.3, 0.4) is 0 Å². The summed E-state index contributed by atoms with van der Waals surface area (Å²) < 4.78 is 48.0. The third-order valence-electron chi connectivity index (χ3n) is 11.6. The lowest BCUT2D eigenvalue weighted by Crippen LogP contribution is -2.01. The fraction of sp³-hybridized carbons (Fsp3) is 0. The topological polar surface area (TPSA) is 43.6 Å². The molecule has 3 aromatic heterocycles. The number of para-hydroxylation sites is 2. The predicted octanol–water partition coefficient (Wildman–Crippen LogP) is 15.3. The fourth-order valence-electron chi connectivity index (χ4n) is 8.66. The molecule has 0 saturated heterocycles. The molecule has 62 heavy (non-hydrogen) atoms. The van der Waals surface area contributed by atoms with E-state index in [0.29, 0.717) is 17.2 Å². The lowest BCUT2D eigenvalue weighted by Gasteiger charge is -2.14. The summed E-state index contributed by atoms with van der Waals surface area (Å²) >= 11 is 1.65. The van der Waals surface area contributed by atoms with Gasteiger partial charge in [-0.25, -0.2) is 15.0 Å². The Hall–Kier alpha value is -7.99. The first-order valence-electron chi connectivity index (χ1n) is 22.9. The minimum Gasteiger partial charge on any atom is -0.309 e. The summed E-state index contributed by atoms with van der Waals surface area (Å²) in [5.41, 5.74) is 10.8. The standard InChI is InChI=1S/C57H36N4S/c1-4-15-37(16-5-1)38-27-29-39(30-28-38)40-31-33-43(34-32-40)56-58-55(42-19-8-3-9-20-42)59-57(60-56)49-36-44(61-50-24-12-10-21-46(50)47-22-11-13-25-51(47)61)35-48-53-45(41-17-6-2-7-18-41)23-14-26-52(53)62-54(48)49/h1-36H/i3D,8D,9D,19D,20D. The second kappa shape index (κ2) is 14.9. The molecule has 9 aromatic carbocycles. The molecule has 0 amide bonds. The molecule has 290 valence electrons. The summed E-state index contributed by atoms with van der Waals surface area (Å²) in [6.07, 6.45) is 0. The van der Waals surface area contributed by atoms with Crippen LogP contribution in [-0.2, 0) is 0 Å². The van der Waals surface area contributed by atoms with E-state index in [1.807, 2.05) is 48.5 Å². The normalized spacial score (nSPS) is 12.7. The van der Waals surface area contributed by atoms with E-state index in [1.165, 1.54) is 0 Å². The largest absolute Gasteiger partial charge is 0.309 e. The van der Waals surface area contributed by atoms with Gasteiger partial charge in [-0.2, -0.15) is 0 Å². The van der Waals surface area contributed by atoms with E-state index >= 15 is 0 Å². The first-order chi connectivity index (χ1) is 32.8. The van der Waals surface area contributed by atoms with Gasteiger partial charge in [0.2, 0.25) is 0 Å². The quantitative estimate of drug-likeness (QED) is 0.161. The monoisotopic (exact) mass is 813 g/mol. The zero-order chi connectivity index (χ0) is 45.3. The zero-order valence-electron chi connectivity index (χ0n) is 38.1. The Kier molecular flexibility index (Phi) is 7.46. The molecule has 12 rings (SSSR count). The van der Waals surface area contributed by atoms with Crippen LogP contribution >= 0.6 is 11.3 Å². The molecule has 0 aliphatic rings. The van der Waals surface area contributed by atoms with Crippen LogP contribution in [0.5, 0.6) is 0 Å². The minimum atomic E-state index is -0.485. The van der Waals surface area contributed by atoms with Crippen LogP contribution in [0.4, 0.5) is 0 Å². The van der Waals surface area contributed by atoms with Gasteiger partial charge in [0, 0.05) is 53.3 Å². The summed E-state index contributed by atoms with van der Waals surface area (Å²) in [7, 11) is 0. The Bertz CT molecular complexity index is 3820. The van der Waals surface area contributed by atoms with E-state index in [1.54, 1.807) is 11.3 Å². The molecule has 3 heterocycles. The molecule has 12 aromatic rings. The third kappa shape index (κ3) is 6.18. The van der Waals surface area contributed by atoms with Crippen molar-refractivity contribution in [2.24, 2.45) is 0 Å². The number of rotatable bonds is 7. The molecular weight excluding hydrogens is 773 g/mol. The molecular formula is C57H36N4S. The van der Waals surface area contributed by atoms with Gasteiger partial charge in [0.1, 0.15) is 0 Å². The third-order valence-corrected chi connectivity index (χ3v) is 12.8. The summed E-state index contributed by atoms with van der Waals surface area (Å²) in [6.45, 7) is 0. The molecule has 0 bridgehead atoms. The molecule has 0 atom stereocenters. The summed E-state index contributed by atoms with van der Waals surface area (Å²) in [6, 6.07) is 62.5. The maximum Gasteiger partial charge on any atom is 0.165 e. The van der Waals surface area contributed by atoms with Gasteiger partial charge in [-0.3, -0.25) is 0 Å². The number of thiophene rings is 1. The van der Waals surface area contributed by atoms with Crippen LogP contribution in [0.25, 0.3) is 115 Å². The fourth-order valence-corrected chi connectivity index (χ4v) is 9.88. The SMILES string of the molecule is [2H]c1c([2H])c([2H])c(-c2nc(-c3ccc(-c4ccc(-c5ccccc5)cc4)cc3)nc(-c3cc(-n4c5ccccc5c5ccccc54)cc4c3sc3cccc(-c5ccccc5)c34)n2)c([2H])c1[2H]. The van der Waals surface area contributed by atoms with Crippen molar-refractivity contribution in [1.29, 1.82) is 0 Å². The molecule has 0 saturated carbocycles. The van der Waals surface area contributed by atoms with Gasteiger partial charge in [0.25, 0.3) is 0 Å². The highest BCUT2D eigenvalue weighted by Crippen LogP contribution is 2.46. The molecule has 5 heteroatoms. The molecule has 0 spiro atoms. The summed E-state index contributed by atoms with van der Waals surface area (Å²) in [5.74, 6) is 0.603. The van der Waals surface area contributed by atoms with Crippen molar-refractivity contribution in [3.05, 3.63) is 218 Å². The molecule has 0 aliphatic heterocycles. The maximum atomic E-state index is 9.03. The Morgan fingerprint density at radius 2 is 0.903 bits per heavy atom. The van der Waals surface area contributed by atoms with Crippen molar-refractivity contribution in [3.8, 4) is 73.2 Å². The second-order valence-electron chi connectivity index (χ2n) is 15.2. The number of benzene rings is 9. The Balaban J connectivity index is 1.11. The van der Waals surface area contributed by atoms with Crippen LogP contribution in [-0.4, -0.2) is 19.5 Å². The van der Waals surface area contributed by atoms with Gasteiger partial charge in [-0.05, 0) is 63.7 Å². The molecule has 0 unspecified atom stereocenters. The minimum absolute atomic E-state index is 0.0147. The van der Waals surface area contributed by atoms with E-state index in [9.17, 15) is 0 Å². The van der Waals surface area contributed by atoms with Crippen molar-refractivity contribution < 1.29 is 6.85 Å². The van der Waals surface area contributed by atoms with Crippen LogP contribution < -0.4 is 0 Å². The number of hydrogen-bond donors (Lipinski definition) is 0. The van der Waals surface area contributed by atoms with Gasteiger partial charge in [0.15, 0.2) is 17.5 Å². The van der Waals surface area contributed by atoms with E-state index in [4.69, 9.17) is 21.8 Å².